The second-order valence-corrected chi connectivity index (χ2v) is 11.8. The van der Waals surface area contributed by atoms with E-state index in [0.29, 0.717) is 24.5 Å². The van der Waals surface area contributed by atoms with Crippen LogP contribution in [0.5, 0.6) is 5.75 Å². The van der Waals surface area contributed by atoms with Crippen LogP contribution in [0.4, 0.5) is 11.5 Å². The molecule has 2 amide bonds. The van der Waals surface area contributed by atoms with E-state index in [1.165, 1.54) is 34.0 Å². The van der Waals surface area contributed by atoms with Gasteiger partial charge in [-0.2, -0.15) is 0 Å². The number of hydrogen-bond donors (Lipinski definition) is 1. The van der Waals surface area contributed by atoms with Crippen molar-refractivity contribution in [2.45, 2.75) is 33.1 Å². The fraction of sp³-hybridized carbons (Fsp3) is 0.481. The Morgan fingerprint density at radius 3 is 2.62 bits per heavy atom. The number of aromatic nitrogens is 2. The molecule has 1 saturated heterocycles. The van der Waals surface area contributed by atoms with Crippen LogP contribution in [0, 0.1) is 12.8 Å². The summed E-state index contributed by atoms with van der Waals surface area (Å²) >= 11 is 3.18. The molecule has 196 valence electrons. The highest BCUT2D eigenvalue weighted by Gasteiger charge is 2.28. The maximum Gasteiger partial charge on any atom is 0.234 e. The number of nitrogens with zero attached hydrogens (tertiary/aromatic N) is 4. The summed E-state index contributed by atoms with van der Waals surface area (Å²) in [5, 5.41) is 4.09. The van der Waals surface area contributed by atoms with Gasteiger partial charge in [0.05, 0.1) is 24.0 Å². The zero-order valence-electron chi connectivity index (χ0n) is 21.6. The van der Waals surface area contributed by atoms with Crippen molar-refractivity contribution in [1.29, 1.82) is 0 Å². The molecule has 1 aliphatic heterocycles. The third kappa shape index (κ3) is 5.85. The highest BCUT2D eigenvalue weighted by molar-refractivity contribution is 8.00. The van der Waals surface area contributed by atoms with Crippen LogP contribution in [0.2, 0.25) is 0 Å². The quantitative estimate of drug-likeness (QED) is 0.483. The van der Waals surface area contributed by atoms with Gasteiger partial charge in [0.25, 0.3) is 0 Å². The lowest BCUT2D eigenvalue weighted by molar-refractivity contribution is -0.128. The number of piperazine rings is 1. The lowest BCUT2D eigenvalue weighted by atomic mass is 9.89. The second-order valence-electron chi connectivity index (χ2n) is 9.76. The van der Waals surface area contributed by atoms with Crippen LogP contribution in [-0.2, 0) is 22.4 Å². The van der Waals surface area contributed by atoms with Crippen LogP contribution in [0.15, 0.2) is 24.3 Å². The summed E-state index contributed by atoms with van der Waals surface area (Å²) in [6.45, 7) is 7.11. The molecule has 5 rings (SSSR count). The summed E-state index contributed by atoms with van der Waals surface area (Å²) in [6.07, 6.45) is 3.44. The van der Waals surface area contributed by atoms with Crippen molar-refractivity contribution in [3.05, 3.63) is 40.5 Å². The average molecular weight is 540 g/mol. The molecule has 1 N–H and O–H groups in total. The number of fused-ring (bicyclic) bond motifs is 3. The molecule has 10 heteroatoms. The first-order valence-electron chi connectivity index (χ1n) is 12.7. The Morgan fingerprint density at radius 1 is 1.14 bits per heavy atom. The van der Waals surface area contributed by atoms with Crippen LogP contribution in [-0.4, -0.2) is 71.5 Å². The number of amides is 2. The van der Waals surface area contributed by atoms with Crippen molar-refractivity contribution < 1.29 is 14.3 Å². The molecule has 1 atom stereocenters. The number of methoxy groups -OCH3 is 1. The topological polar surface area (TPSA) is 87.7 Å². The van der Waals surface area contributed by atoms with Gasteiger partial charge in [0.1, 0.15) is 22.2 Å². The third-order valence-electron chi connectivity index (χ3n) is 7.01. The monoisotopic (exact) mass is 539 g/mol. The third-order valence-corrected chi connectivity index (χ3v) is 9.08. The maximum absolute atomic E-state index is 12.8. The molecule has 0 spiro atoms. The number of rotatable bonds is 7. The van der Waals surface area contributed by atoms with E-state index in [9.17, 15) is 9.59 Å². The van der Waals surface area contributed by atoms with E-state index >= 15 is 0 Å². The van der Waals surface area contributed by atoms with Crippen molar-refractivity contribution in [2.75, 3.05) is 55.0 Å². The predicted octanol–water partition coefficient (Wildman–Crippen LogP) is 4.15. The highest BCUT2D eigenvalue weighted by atomic mass is 32.2. The molecule has 8 nitrogen and oxygen atoms in total. The number of benzene rings is 1. The number of hydrogen-bond acceptors (Lipinski definition) is 8. The Labute approximate surface area is 225 Å². The molecule has 0 saturated carbocycles. The van der Waals surface area contributed by atoms with Crippen molar-refractivity contribution >= 4 is 56.6 Å². The molecule has 0 bridgehead atoms. The molecule has 37 heavy (non-hydrogen) atoms. The fourth-order valence-corrected chi connectivity index (χ4v) is 7.16. The standard InChI is InChI=1S/C27H33N5O3S2/c1-17-4-9-21-22(14-17)37-27-25(21)26(28-18(2)29-27)32-12-10-31(11-13-32)24(34)16-36-15-23(33)30-19-5-7-20(35-3)8-6-19/h5-8,17H,4,9-16H2,1-3H3,(H,30,33). The first-order valence-corrected chi connectivity index (χ1v) is 14.7. The first-order chi connectivity index (χ1) is 17.9. The van der Waals surface area contributed by atoms with E-state index in [1.54, 1.807) is 31.4 Å². The summed E-state index contributed by atoms with van der Waals surface area (Å²) in [4.78, 5) is 41.5. The van der Waals surface area contributed by atoms with E-state index in [0.717, 1.165) is 54.1 Å². The summed E-state index contributed by atoms with van der Waals surface area (Å²) in [5.74, 6) is 3.78. The molecule has 1 fully saturated rings. The largest absolute Gasteiger partial charge is 0.497 e. The fourth-order valence-electron chi connectivity index (χ4n) is 5.02. The van der Waals surface area contributed by atoms with E-state index in [2.05, 4.69) is 17.1 Å². The average Bonchev–Trinajstić information content (AvgIpc) is 3.25. The van der Waals surface area contributed by atoms with Gasteiger partial charge in [-0.15, -0.1) is 23.1 Å². The molecule has 2 aromatic heterocycles. The molecular formula is C27H33N5O3S2. The smallest absolute Gasteiger partial charge is 0.234 e. The van der Waals surface area contributed by atoms with Gasteiger partial charge in [-0.05, 0) is 61.9 Å². The SMILES string of the molecule is COc1ccc(NC(=O)CSCC(=O)N2CCN(c3nc(C)nc4sc5c(c34)CCC(C)C5)CC2)cc1. The van der Waals surface area contributed by atoms with Gasteiger partial charge in [0.15, 0.2) is 0 Å². The zero-order chi connectivity index (χ0) is 25.9. The predicted molar refractivity (Wildman–Crippen MR) is 151 cm³/mol. The molecule has 3 aromatic rings. The summed E-state index contributed by atoms with van der Waals surface area (Å²) in [7, 11) is 1.60. The normalized spacial score (nSPS) is 17.5. The lowest BCUT2D eigenvalue weighted by Crippen LogP contribution is -2.49. The lowest BCUT2D eigenvalue weighted by Gasteiger charge is -2.36. The Morgan fingerprint density at radius 2 is 1.89 bits per heavy atom. The number of anilines is 2. The van der Waals surface area contributed by atoms with Crippen LogP contribution in [0.3, 0.4) is 0 Å². The molecule has 1 aliphatic carbocycles. The maximum atomic E-state index is 12.8. The Hall–Kier alpha value is -2.85. The van der Waals surface area contributed by atoms with Crippen LogP contribution >= 0.6 is 23.1 Å². The van der Waals surface area contributed by atoms with Crippen LogP contribution in [0.25, 0.3) is 10.2 Å². The van der Waals surface area contributed by atoms with Gasteiger partial charge in [-0.3, -0.25) is 9.59 Å². The van der Waals surface area contributed by atoms with E-state index in [1.807, 2.05) is 23.2 Å². The number of thiophene rings is 1. The molecule has 1 unspecified atom stereocenters. The minimum absolute atomic E-state index is 0.0767. The number of thioether (sulfide) groups is 1. The van der Waals surface area contributed by atoms with Crippen LogP contribution < -0.4 is 15.0 Å². The first kappa shape index (κ1) is 25.8. The van der Waals surface area contributed by atoms with E-state index < -0.39 is 0 Å². The van der Waals surface area contributed by atoms with E-state index in [4.69, 9.17) is 14.7 Å². The minimum Gasteiger partial charge on any atom is -0.497 e. The van der Waals surface area contributed by atoms with E-state index in [-0.39, 0.29) is 17.6 Å². The van der Waals surface area contributed by atoms with Crippen LogP contribution in [0.1, 0.15) is 29.6 Å². The molecule has 1 aromatic carbocycles. The van der Waals surface area contributed by atoms with Gasteiger partial charge in [0.2, 0.25) is 11.8 Å². The number of nitrogens with one attached hydrogen (secondary N) is 1. The molecule has 0 radical (unpaired) electrons. The highest BCUT2D eigenvalue weighted by Crippen LogP contribution is 2.41. The number of aryl methyl sites for hydroxylation is 2. The minimum atomic E-state index is -0.121. The van der Waals surface area contributed by atoms with Gasteiger partial charge in [-0.25, -0.2) is 9.97 Å². The summed E-state index contributed by atoms with van der Waals surface area (Å²) in [5.41, 5.74) is 2.15. The van der Waals surface area contributed by atoms with Gasteiger partial charge >= 0.3 is 0 Å². The zero-order valence-corrected chi connectivity index (χ0v) is 23.2. The molecular weight excluding hydrogens is 506 g/mol. The number of carbonyl (C=O) groups excluding carboxylic acids is 2. The van der Waals surface area contributed by atoms with Crippen molar-refractivity contribution in [1.82, 2.24) is 14.9 Å². The molecule has 2 aliphatic rings. The molecule has 3 heterocycles. The number of ether oxygens (including phenoxy) is 1. The Bertz CT molecular complexity index is 1290. The van der Waals surface area contributed by atoms with Crippen molar-refractivity contribution in [2.24, 2.45) is 5.92 Å². The summed E-state index contributed by atoms with van der Waals surface area (Å²) in [6, 6.07) is 7.19. The Kier molecular flexibility index (Phi) is 7.85. The number of carbonyl (C=O) groups is 2. The van der Waals surface area contributed by atoms with Crippen molar-refractivity contribution in [3.8, 4) is 5.75 Å². The second kappa shape index (κ2) is 11.3. The summed E-state index contributed by atoms with van der Waals surface area (Å²) < 4.78 is 5.13. The Balaban J connectivity index is 1.14. The van der Waals surface area contributed by atoms with Crippen molar-refractivity contribution in [3.63, 3.8) is 0 Å². The van der Waals surface area contributed by atoms with Gasteiger partial charge < -0.3 is 19.9 Å². The van der Waals surface area contributed by atoms with Gasteiger partial charge in [0, 0.05) is 36.7 Å². The van der Waals surface area contributed by atoms with Gasteiger partial charge in [-0.1, -0.05) is 6.92 Å².